The van der Waals surface area contributed by atoms with Crippen molar-refractivity contribution in [3.63, 3.8) is 0 Å². The van der Waals surface area contributed by atoms with Gasteiger partial charge >= 0.3 is 0 Å². The zero-order valence-corrected chi connectivity index (χ0v) is 15.1. The lowest BCUT2D eigenvalue weighted by Gasteiger charge is -2.56. The van der Waals surface area contributed by atoms with E-state index in [9.17, 15) is 0 Å². The van der Waals surface area contributed by atoms with Crippen LogP contribution in [0.1, 0.15) is 57.0 Å². The maximum absolute atomic E-state index is 5.63. The van der Waals surface area contributed by atoms with Gasteiger partial charge in [-0.3, -0.25) is 4.57 Å². The second kappa shape index (κ2) is 5.65. The van der Waals surface area contributed by atoms with Crippen LogP contribution >= 0.6 is 11.8 Å². The molecule has 5 heteroatoms. The lowest BCUT2D eigenvalue weighted by atomic mass is 9.49. The summed E-state index contributed by atoms with van der Waals surface area (Å²) in [6.45, 7) is 2.94. The lowest BCUT2D eigenvalue weighted by Crippen LogP contribution is -2.49. The predicted molar refractivity (Wildman–Crippen MR) is 94.1 cm³/mol. The van der Waals surface area contributed by atoms with Crippen LogP contribution in [0.3, 0.4) is 0 Å². The van der Waals surface area contributed by atoms with Crippen LogP contribution < -0.4 is 0 Å². The zero-order chi connectivity index (χ0) is 16.1. The van der Waals surface area contributed by atoms with Crippen molar-refractivity contribution >= 4 is 11.8 Å². The summed E-state index contributed by atoms with van der Waals surface area (Å²) in [4.78, 5) is 0. The molecule has 4 bridgehead atoms. The topological polar surface area (TPSA) is 43.9 Å². The highest BCUT2D eigenvalue weighted by molar-refractivity contribution is 7.99. The van der Waals surface area contributed by atoms with Gasteiger partial charge in [-0.1, -0.05) is 18.7 Å². The second-order valence-corrected chi connectivity index (χ2v) is 9.33. The molecular formula is C19H25N3OS. The van der Waals surface area contributed by atoms with Gasteiger partial charge in [0.1, 0.15) is 11.6 Å². The summed E-state index contributed by atoms with van der Waals surface area (Å²) in [7, 11) is 0. The molecule has 128 valence electrons. The molecule has 2 aromatic rings. The molecule has 0 aromatic carbocycles. The van der Waals surface area contributed by atoms with Gasteiger partial charge in [-0.2, -0.15) is 0 Å². The van der Waals surface area contributed by atoms with E-state index in [0.29, 0.717) is 0 Å². The molecule has 24 heavy (non-hydrogen) atoms. The Labute approximate surface area is 147 Å². The average Bonchev–Trinajstić information content (AvgIpc) is 3.18. The van der Waals surface area contributed by atoms with Crippen LogP contribution in [0, 0.1) is 17.8 Å². The minimum Gasteiger partial charge on any atom is -0.467 e. The first kappa shape index (κ1) is 15.1. The predicted octanol–water partition coefficient (Wildman–Crippen LogP) is 4.50. The summed E-state index contributed by atoms with van der Waals surface area (Å²) < 4.78 is 7.99. The molecular weight excluding hydrogens is 318 g/mol. The van der Waals surface area contributed by atoms with Gasteiger partial charge in [0.15, 0.2) is 5.16 Å². The molecule has 4 fully saturated rings. The van der Waals surface area contributed by atoms with Crippen LogP contribution in [0.15, 0.2) is 28.0 Å². The minimum atomic E-state index is 0.279. The molecule has 0 unspecified atom stereocenters. The highest BCUT2D eigenvalue weighted by Crippen LogP contribution is 2.60. The molecule has 0 atom stereocenters. The molecule has 2 heterocycles. The van der Waals surface area contributed by atoms with Crippen molar-refractivity contribution in [2.45, 2.75) is 62.6 Å². The fraction of sp³-hybridized carbons (Fsp3) is 0.684. The Balaban J connectivity index is 1.55. The molecule has 4 aliphatic carbocycles. The van der Waals surface area contributed by atoms with Gasteiger partial charge in [-0.05, 0) is 74.2 Å². The van der Waals surface area contributed by atoms with Gasteiger partial charge in [-0.15, -0.1) is 10.2 Å². The fourth-order valence-corrected chi connectivity index (χ4v) is 6.67. The largest absolute Gasteiger partial charge is 0.467 e. The molecule has 0 saturated heterocycles. The fourth-order valence-electron chi connectivity index (χ4n) is 6.00. The van der Waals surface area contributed by atoms with Crippen molar-refractivity contribution in [1.82, 2.24) is 14.8 Å². The summed E-state index contributed by atoms with van der Waals surface area (Å²) in [5.74, 6) is 6.04. The highest BCUT2D eigenvalue weighted by atomic mass is 32.2. The van der Waals surface area contributed by atoms with Gasteiger partial charge < -0.3 is 4.42 Å². The standard InChI is InChI=1S/C19H25N3OS/c1-2-24-18-21-20-17(22(18)12-16-4-3-5-23-16)19-9-13-6-14(10-19)8-15(7-13)11-19/h3-5,13-15H,2,6-12H2,1H3. The van der Waals surface area contributed by atoms with Gasteiger partial charge in [-0.25, -0.2) is 0 Å². The molecule has 4 nitrogen and oxygen atoms in total. The van der Waals surface area contributed by atoms with Crippen LogP contribution in [0.5, 0.6) is 0 Å². The Morgan fingerprint density at radius 1 is 1.17 bits per heavy atom. The lowest BCUT2D eigenvalue weighted by molar-refractivity contribution is -0.0113. The van der Waals surface area contributed by atoms with E-state index < -0.39 is 0 Å². The van der Waals surface area contributed by atoms with Crippen LogP contribution in [0.2, 0.25) is 0 Å². The van der Waals surface area contributed by atoms with Crippen molar-refractivity contribution in [3.8, 4) is 0 Å². The molecule has 4 aliphatic rings. The molecule has 0 N–H and O–H groups in total. The first-order chi connectivity index (χ1) is 11.8. The van der Waals surface area contributed by atoms with Crippen LogP contribution in [0.25, 0.3) is 0 Å². The van der Waals surface area contributed by atoms with Gasteiger partial charge in [0, 0.05) is 5.41 Å². The minimum absolute atomic E-state index is 0.279. The van der Waals surface area contributed by atoms with Crippen LogP contribution in [0.4, 0.5) is 0 Å². The third-order valence-electron chi connectivity index (χ3n) is 6.40. The van der Waals surface area contributed by atoms with Crippen molar-refractivity contribution < 1.29 is 4.42 Å². The second-order valence-electron chi connectivity index (χ2n) is 8.10. The summed E-state index contributed by atoms with van der Waals surface area (Å²) in [5.41, 5.74) is 0.279. The van der Waals surface area contributed by atoms with Gasteiger partial charge in [0.2, 0.25) is 0 Å². The van der Waals surface area contributed by atoms with E-state index >= 15 is 0 Å². The van der Waals surface area contributed by atoms with Crippen molar-refractivity contribution in [3.05, 3.63) is 30.0 Å². The summed E-state index contributed by atoms with van der Waals surface area (Å²) in [5, 5.41) is 10.4. The number of furan rings is 1. The highest BCUT2D eigenvalue weighted by Gasteiger charge is 2.54. The number of nitrogens with zero attached hydrogens (tertiary/aromatic N) is 3. The number of rotatable bonds is 5. The van der Waals surface area contributed by atoms with E-state index in [1.165, 1.54) is 44.3 Å². The van der Waals surface area contributed by atoms with E-state index in [4.69, 9.17) is 9.52 Å². The maximum Gasteiger partial charge on any atom is 0.191 e. The molecule has 6 rings (SSSR count). The van der Waals surface area contributed by atoms with Crippen LogP contribution in [-0.2, 0) is 12.0 Å². The zero-order valence-electron chi connectivity index (χ0n) is 14.3. The smallest absolute Gasteiger partial charge is 0.191 e. The maximum atomic E-state index is 5.63. The quantitative estimate of drug-likeness (QED) is 0.750. The van der Waals surface area contributed by atoms with E-state index in [-0.39, 0.29) is 5.41 Å². The first-order valence-corrected chi connectivity index (χ1v) is 10.3. The number of thioether (sulfide) groups is 1. The Morgan fingerprint density at radius 3 is 2.46 bits per heavy atom. The van der Waals surface area contributed by atoms with Crippen molar-refractivity contribution in [2.24, 2.45) is 17.8 Å². The Hall–Kier alpha value is -1.23. The van der Waals surface area contributed by atoms with Crippen molar-refractivity contribution in [2.75, 3.05) is 5.75 Å². The number of aromatic nitrogens is 3. The third-order valence-corrected chi connectivity index (χ3v) is 7.25. The van der Waals surface area contributed by atoms with Crippen LogP contribution in [-0.4, -0.2) is 20.5 Å². The number of hydrogen-bond donors (Lipinski definition) is 0. The van der Waals surface area contributed by atoms with E-state index in [1.54, 1.807) is 18.0 Å². The van der Waals surface area contributed by atoms with E-state index in [1.807, 2.05) is 6.07 Å². The normalized spacial score (nSPS) is 34.1. The van der Waals surface area contributed by atoms with E-state index in [2.05, 4.69) is 22.7 Å². The molecule has 0 spiro atoms. The van der Waals surface area contributed by atoms with Crippen molar-refractivity contribution in [1.29, 1.82) is 0 Å². The monoisotopic (exact) mass is 343 g/mol. The first-order valence-electron chi connectivity index (χ1n) is 9.34. The Bertz CT molecular complexity index is 686. The summed E-state index contributed by atoms with van der Waals surface area (Å²) in [6, 6.07) is 4.03. The number of hydrogen-bond acceptors (Lipinski definition) is 4. The molecule has 0 radical (unpaired) electrons. The van der Waals surface area contributed by atoms with Gasteiger partial charge in [0.25, 0.3) is 0 Å². The average molecular weight is 343 g/mol. The third kappa shape index (κ3) is 2.35. The molecule has 0 aliphatic heterocycles. The van der Waals surface area contributed by atoms with Gasteiger partial charge in [0.05, 0.1) is 12.8 Å². The summed E-state index contributed by atoms with van der Waals surface area (Å²) in [6.07, 6.45) is 10.1. The molecule has 4 saturated carbocycles. The summed E-state index contributed by atoms with van der Waals surface area (Å²) >= 11 is 1.80. The molecule has 2 aromatic heterocycles. The Morgan fingerprint density at radius 2 is 1.88 bits per heavy atom. The van der Waals surface area contributed by atoms with E-state index in [0.717, 1.165) is 41.0 Å². The Kier molecular flexibility index (Phi) is 3.55. The molecule has 0 amide bonds. The SMILES string of the molecule is CCSc1nnc(C23CC4CC(CC(C4)C2)C3)n1Cc1ccco1.